The van der Waals surface area contributed by atoms with Gasteiger partial charge in [0.25, 0.3) is 0 Å². The quantitative estimate of drug-likeness (QED) is 0.498. The van der Waals surface area contributed by atoms with E-state index in [1.807, 2.05) is 0 Å². The summed E-state index contributed by atoms with van der Waals surface area (Å²) < 4.78 is 31.4. The Kier molecular flexibility index (Phi) is 3.66. The van der Waals surface area contributed by atoms with Gasteiger partial charge in [0.05, 0.1) is 4.92 Å². The third-order valence-electron chi connectivity index (χ3n) is 2.18. The Hall–Kier alpha value is -2.88. The molecule has 3 N–H and O–H groups in total. The van der Waals surface area contributed by atoms with Crippen molar-refractivity contribution >= 4 is 11.6 Å². The van der Waals surface area contributed by atoms with Gasteiger partial charge in [-0.05, 0) is 12.1 Å². The number of nitrogens with two attached hydrogens (primary N) is 1. The molecule has 0 saturated carbocycles. The van der Waals surface area contributed by atoms with Gasteiger partial charge in [-0.25, -0.2) is 15.2 Å². The van der Waals surface area contributed by atoms with Crippen molar-refractivity contribution in [1.29, 1.82) is 0 Å². The molecule has 2 rings (SSSR count). The number of halogens is 2. The van der Waals surface area contributed by atoms with Crippen LogP contribution in [0.5, 0.6) is 11.6 Å². The zero-order valence-electron chi connectivity index (χ0n) is 9.71. The Labute approximate surface area is 110 Å². The van der Waals surface area contributed by atoms with Gasteiger partial charge in [0.1, 0.15) is 6.20 Å². The van der Waals surface area contributed by atoms with Crippen molar-refractivity contribution in [3.8, 4) is 11.6 Å². The van der Waals surface area contributed by atoms with Crippen LogP contribution in [0.2, 0.25) is 0 Å². The molecule has 1 aromatic carbocycles. The zero-order valence-corrected chi connectivity index (χ0v) is 9.71. The van der Waals surface area contributed by atoms with Gasteiger partial charge in [0.2, 0.25) is 11.8 Å². The van der Waals surface area contributed by atoms with Crippen LogP contribution in [0.15, 0.2) is 24.4 Å². The number of hydrogen-bond donors (Lipinski definition) is 2. The van der Waals surface area contributed by atoms with E-state index in [9.17, 15) is 18.9 Å². The Balaban J connectivity index is 2.46. The Morgan fingerprint density at radius 3 is 2.80 bits per heavy atom. The SMILES string of the molecule is NNc1ncc([N+](=O)[O-])c(Oc2cccc(F)c2F)n1. The molecule has 104 valence electrons. The molecule has 0 spiro atoms. The van der Waals surface area contributed by atoms with Crippen molar-refractivity contribution in [3.05, 3.63) is 46.1 Å². The topological polar surface area (TPSA) is 116 Å². The lowest BCUT2D eigenvalue weighted by Gasteiger charge is -2.07. The maximum atomic E-state index is 13.4. The maximum Gasteiger partial charge on any atom is 0.349 e. The normalized spacial score (nSPS) is 10.2. The summed E-state index contributed by atoms with van der Waals surface area (Å²) in [6.45, 7) is 0. The molecule has 20 heavy (non-hydrogen) atoms. The summed E-state index contributed by atoms with van der Waals surface area (Å²) in [5.74, 6) is 1.32. The molecule has 10 heteroatoms. The van der Waals surface area contributed by atoms with Gasteiger partial charge in [-0.2, -0.15) is 9.37 Å². The minimum absolute atomic E-state index is 0.178. The number of hydrogen-bond acceptors (Lipinski definition) is 7. The number of nitrogen functional groups attached to an aromatic ring is 1. The van der Waals surface area contributed by atoms with E-state index in [0.717, 1.165) is 18.3 Å². The van der Waals surface area contributed by atoms with Gasteiger partial charge >= 0.3 is 11.6 Å². The van der Waals surface area contributed by atoms with Crippen LogP contribution in [-0.4, -0.2) is 14.9 Å². The van der Waals surface area contributed by atoms with Crippen LogP contribution >= 0.6 is 0 Å². The second-order valence-electron chi connectivity index (χ2n) is 3.44. The van der Waals surface area contributed by atoms with Crippen molar-refractivity contribution in [2.24, 2.45) is 5.84 Å². The molecule has 0 fully saturated rings. The van der Waals surface area contributed by atoms with E-state index < -0.39 is 33.9 Å². The minimum atomic E-state index is -1.29. The molecule has 8 nitrogen and oxygen atoms in total. The molecule has 0 radical (unpaired) electrons. The minimum Gasteiger partial charge on any atom is -0.430 e. The fraction of sp³-hybridized carbons (Fsp3) is 0. The van der Waals surface area contributed by atoms with Crippen molar-refractivity contribution in [3.63, 3.8) is 0 Å². The Bertz CT molecular complexity index is 667. The molecule has 0 amide bonds. The van der Waals surface area contributed by atoms with Gasteiger partial charge in [-0.1, -0.05) is 6.07 Å². The third-order valence-corrected chi connectivity index (χ3v) is 2.18. The number of aromatic nitrogens is 2. The van der Waals surface area contributed by atoms with Crippen LogP contribution in [0.25, 0.3) is 0 Å². The van der Waals surface area contributed by atoms with E-state index in [0.29, 0.717) is 0 Å². The lowest BCUT2D eigenvalue weighted by molar-refractivity contribution is -0.386. The first-order valence-electron chi connectivity index (χ1n) is 5.13. The van der Waals surface area contributed by atoms with Gasteiger partial charge in [-0.3, -0.25) is 15.5 Å². The van der Waals surface area contributed by atoms with Crippen LogP contribution in [0.1, 0.15) is 0 Å². The highest BCUT2D eigenvalue weighted by molar-refractivity contribution is 5.45. The number of ether oxygens (including phenoxy) is 1. The van der Waals surface area contributed by atoms with Gasteiger partial charge in [0.15, 0.2) is 11.6 Å². The second kappa shape index (κ2) is 5.40. The largest absolute Gasteiger partial charge is 0.430 e. The first kappa shape index (κ1) is 13.5. The first-order chi connectivity index (χ1) is 9.52. The summed E-state index contributed by atoms with van der Waals surface area (Å²) in [4.78, 5) is 17.1. The van der Waals surface area contributed by atoms with Gasteiger partial charge < -0.3 is 4.74 Å². The molecule has 0 unspecified atom stereocenters. The van der Waals surface area contributed by atoms with Crippen molar-refractivity contribution in [1.82, 2.24) is 9.97 Å². The number of nitro groups is 1. The fourth-order valence-electron chi connectivity index (χ4n) is 1.30. The number of anilines is 1. The fourth-order valence-corrected chi connectivity index (χ4v) is 1.30. The Morgan fingerprint density at radius 1 is 1.40 bits per heavy atom. The molecule has 0 aliphatic heterocycles. The molecule has 0 saturated heterocycles. The highest BCUT2D eigenvalue weighted by atomic mass is 19.2. The van der Waals surface area contributed by atoms with Crippen LogP contribution < -0.4 is 16.0 Å². The summed E-state index contributed by atoms with van der Waals surface area (Å²) in [7, 11) is 0. The molecular formula is C10H7F2N5O3. The van der Waals surface area contributed by atoms with Crippen LogP contribution in [-0.2, 0) is 0 Å². The highest BCUT2D eigenvalue weighted by Crippen LogP contribution is 2.31. The van der Waals surface area contributed by atoms with Gasteiger partial charge in [0, 0.05) is 0 Å². The number of nitrogens with zero attached hydrogens (tertiary/aromatic N) is 3. The van der Waals surface area contributed by atoms with Crippen molar-refractivity contribution in [2.45, 2.75) is 0 Å². The molecule has 0 atom stereocenters. The second-order valence-corrected chi connectivity index (χ2v) is 3.44. The summed E-state index contributed by atoms with van der Waals surface area (Å²) in [6.07, 6.45) is 0.828. The lowest BCUT2D eigenvalue weighted by Crippen LogP contribution is -2.11. The van der Waals surface area contributed by atoms with Crippen LogP contribution in [0.3, 0.4) is 0 Å². The average Bonchev–Trinajstić information content (AvgIpc) is 2.43. The molecule has 2 aromatic rings. The molecule has 0 bridgehead atoms. The number of rotatable bonds is 4. The maximum absolute atomic E-state index is 13.4. The lowest BCUT2D eigenvalue weighted by atomic mass is 10.3. The Morgan fingerprint density at radius 2 is 2.15 bits per heavy atom. The first-order valence-corrected chi connectivity index (χ1v) is 5.13. The summed E-state index contributed by atoms with van der Waals surface area (Å²) in [5.41, 5.74) is 1.43. The predicted octanol–water partition coefficient (Wildman–Crippen LogP) is 1.74. The zero-order chi connectivity index (χ0) is 14.7. The number of nitrogens with one attached hydrogen (secondary N) is 1. The van der Waals surface area contributed by atoms with Crippen LogP contribution in [0.4, 0.5) is 20.4 Å². The van der Waals surface area contributed by atoms with E-state index >= 15 is 0 Å². The third kappa shape index (κ3) is 2.59. The van der Waals surface area contributed by atoms with E-state index in [4.69, 9.17) is 10.6 Å². The molecule has 1 aromatic heterocycles. The molecular weight excluding hydrogens is 276 g/mol. The van der Waals surface area contributed by atoms with Crippen molar-refractivity contribution < 1.29 is 18.4 Å². The summed E-state index contributed by atoms with van der Waals surface area (Å²) >= 11 is 0. The standard InChI is InChI=1S/C10H7F2N5O3/c11-5-2-1-3-7(8(5)12)20-9-6(17(18)19)4-14-10(15-9)16-13/h1-4H,13H2,(H,14,15,16). The average molecular weight is 283 g/mol. The van der Waals surface area contributed by atoms with E-state index in [1.54, 1.807) is 0 Å². The number of hydrazine groups is 1. The van der Waals surface area contributed by atoms with Crippen molar-refractivity contribution in [2.75, 3.05) is 5.43 Å². The highest BCUT2D eigenvalue weighted by Gasteiger charge is 2.21. The number of benzene rings is 1. The van der Waals surface area contributed by atoms with Crippen LogP contribution in [0, 0.1) is 21.7 Å². The monoisotopic (exact) mass is 283 g/mol. The molecule has 1 heterocycles. The summed E-state index contributed by atoms with van der Waals surface area (Å²) in [5, 5.41) is 10.8. The smallest absolute Gasteiger partial charge is 0.349 e. The van der Waals surface area contributed by atoms with Gasteiger partial charge in [-0.15, -0.1) is 0 Å². The molecule has 0 aliphatic carbocycles. The predicted molar refractivity (Wildman–Crippen MR) is 62.9 cm³/mol. The van der Waals surface area contributed by atoms with E-state index in [1.165, 1.54) is 6.07 Å². The van der Waals surface area contributed by atoms with E-state index in [-0.39, 0.29) is 5.95 Å². The summed E-state index contributed by atoms with van der Waals surface area (Å²) in [6, 6.07) is 3.16. The van der Waals surface area contributed by atoms with E-state index in [2.05, 4.69) is 15.4 Å². The molecule has 0 aliphatic rings.